The minimum atomic E-state index is 0.148. The van der Waals surface area contributed by atoms with Gasteiger partial charge in [-0.2, -0.15) is 15.0 Å². The molecule has 8 heteroatoms. The van der Waals surface area contributed by atoms with E-state index in [0.717, 1.165) is 17.6 Å². The number of ether oxygens (including phenoxy) is 1. The van der Waals surface area contributed by atoms with E-state index in [1.807, 2.05) is 4.90 Å². The second-order valence-corrected chi connectivity index (χ2v) is 5.12. The molecule has 1 saturated heterocycles. The van der Waals surface area contributed by atoms with Gasteiger partial charge >= 0.3 is 0 Å². The average Bonchev–Trinajstić information content (AvgIpc) is 2.85. The Labute approximate surface area is 122 Å². The quantitative estimate of drug-likeness (QED) is 0.833. The molecular formula is C11H10BrClN4O2. The van der Waals surface area contributed by atoms with Crippen molar-refractivity contribution in [3.05, 3.63) is 22.1 Å². The Bertz CT molecular complexity index is 586. The summed E-state index contributed by atoms with van der Waals surface area (Å²) >= 11 is 9.34. The lowest BCUT2D eigenvalue weighted by Gasteiger charge is -2.26. The van der Waals surface area contributed by atoms with Crippen molar-refractivity contribution in [1.29, 1.82) is 0 Å². The van der Waals surface area contributed by atoms with E-state index in [2.05, 4.69) is 30.9 Å². The number of morpholine rings is 1. The van der Waals surface area contributed by atoms with E-state index < -0.39 is 0 Å². The SMILES string of the molecule is Clc1nc(-c2occc2Br)nc(N2CCOCC2)n1. The van der Waals surface area contributed by atoms with E-state index in [1.165, 1.54) is 0 Å². The largest absolute Gasteiger partial charge is 0.460 e. The number of halogens is 2. The summed E-state index contributed by atoms with van der Waals surface area (Å²) in [6.07, 6.45) is 1.56. The first kappa shape index (κ1) is 12.8. The molecule has 0 N–H and O–H groups in total. The van der Waals surface area contributed by atoms with Crippen LogP contribution >= 0.6 is 27.5 Å². The van der Waals surface area contributed by atoms with Gasteiger partial charge in [0.05, 0.1) is 23.9 Å². The van der Waals surface area contributed by atoms with Crippen LogP contribution in [0.1, 0.15) is 0 Å². The molecule has 0 saturated carbocycles. The second-order valence-electron chi connectivity index (χ2n) is 3.93. The summed E-state index contributed by atoms with van der Waals surface area (Å²) in [6.45, 7) is 2.78. The van der Waals surface area contributed by atoms with E-state index in [-0.39, 0.29) is 5.28 Å². The minimum absolute atomic E-state index is 0.148. The normalized spacial score (nSPS) is 15.8. The highest BCUT2D eigenvalue weighted by Gasteiger charge is 2.18. The van der Waals surface area contributed by atoms with Gasteiger partial charge in [-0.25, -0.2) is 0 Å². The van der Waals surface area contributed by atoms with Crippen LogP contribution in [-0.4, -0.2) is 41.3 Å². The van der Waals surface area contributed by atoms with Crippen LogP contribution in [0.5, 0.6) is 0 Å². The zero-order valence-electron chi connectivity index (χ0n) is 9.84. The van der Waals surface area contributed by atoms with Crippen molar-refractivity contribution in [2.75, 3.05) is 31.2 Å². The van der Waals surface area contributed by atoms with Crippen LogP contribution < -0.4 is 4.90 Å². The van der Waals surface area contributed by atoms with Crippen molar-refractivity contribution < 1.29 is 9.15 Å². The lowest BCUT2D eigenvalue weighted by molar-refractivity contribution is 0.122. The molecule has 0 aliphatic carbocycles. The van der Waals surface area contributed by atoms with Crippen molar-refractivity contribution in [3.63, 3.8) is 0 Å². The molecule has 1 aliphatic rings. The third kappa shape index (κ3) is 2.72. The molecule has 6 nitrogen and oxygen atoms in total. The Morgan fingerprint density at radius 2 is 2.00 bits per heavy atom. The number of furan rings is 1. The maximum Gasteiger partial charge on any atom is 0.230 e. The number of hydrogen-bond acceptors (Lipinski definition) is 6. The van der Waals surface area contributed by atoms with Crippen LogP contribution in [0.2, 0.25) is 5.28 Å². The van der Waals surface area contributed by atoms with Crippen molar-refractivity contribution in [1.82, 2.24) is 15.0 Å². The summed E-state index contributed by atoms with van der Waals surface area (Å²) in [6, 6.07) is 1.78. The molecule has 0 bridgehead atoms. The maximum absolute atomic E-state index is 5.96. The molecule has 100 valence electrons. The van der Waals surface area contributed by atoms with Crippen molar-refractivity contribution in [2.45, 2.75) is 0 Å². The van der Waals surface area contributed by atoms with Crippen molar-refractivity contribution >= 4 is 33.5 Å². The fraction of sp³-hybridized carbons (Fsp3) is 0.364. The van der Waals surface area contributed by atoms with Gasteiger partial charge in [0.1, 0.15) is 0 Å². The zero-order chi connectivity index (χ0) is 13.2. The molecule has 2 aromatic heterocycles. The molecular weight excluding hydrogens is 336 g/mol. The Hall–Kier alpha value is -1.18. The second kappa shape index (κ2) is 5.44. The molecule has 0 amide bonds. The third-order valence-electron chi connectivity index (χ3n) is 2.71. The molecule has 0 aromatic carbocycles. The van der Waals surface area contributed by atoms with Crippen LogP contribution in [0.25, 0.3) is 11.6 Å². The van der Waals surface area contributed by atoms with Gasteiger partial charge in [0.25, 0.3) is 0 Å². The Balaban J connectivity index is 1.98. The van der Waals surface area contributed by atoms with Crippen LogP contribution in [0, 0.1) is 0 Å². The lowest BCUT2D eigenvalue weighted by atomic mass is 10.4. The van der Waals surface area contributed by atoms with Gasteiger partial charge in [0.2, 0.25) is 17.1 Å². The van der Waals surface area contributed by atoms with Gasteiger partial charge in [-0.3, -0.25) is 0 Å². The summed E-state index contributed by atoms with van der Waals surface area (Å²) < 4.78 is 11.4. The van der Waals surface area contributed by atoms with Crippen LogP contribution in [0.3, 0.4) is 0 Å². The number of rotatable bonds is 2. The number of nitrogens with zero attached hydrogens (tertiary/aromatic N) is 4. The van der Waals surface area contributed by atoms with Crippen LogP contribution in [0.4, 0.5) is 5.95 Å². The monoisotopic (exact) mass is 344 g/mol. The highest BCUT2D eigenvalue weighted by Crippen LogP contribution is 2.28. The Morgan fingerprint density at radius 1 is 1.21 bits per heavy atom. The Morgan fingerprint density at radius 3 is 2.68 bits per heavy atom. The number of aromatic nitrogens is 3. The first-order valence-electron chi connectivity index (χ1n) is 5.71. The molecule has 0 spiro atoms. The summed E-state index contributed by atoms with van der Waals surface area (Å²) in [5.74, 6) is 1.50. The van der Waals surface area contributed by atoms with Crippen molar-refractivity contribution in [3.8, 4) is 11.6 Å². The predicted molar refractivity (Wildman–Crippen MR) is 73.3 cm³/mol. The highest BCUT2D eigenvalue weighted by molar-refractivity contribution is 9.10. The predicted octanol–water partition coefficient (Wildman–Crippen LogP) is 2.38. The van der Waals surface area contributed by atoms with Gasteiger partial charge < -0.3 is 14.1 Å². The number of anilines is 1. The molecule has 3 rings (SSSR count). The number of hydrogen-bond donors (Lipinski definition) is 0. The van der Waals surface area contributed by atoms with Crippen LogP contribution in [-0.2, 0) is 4.74 Å². The maximum atomic E-state index is 5.96. The van der Waals surface area contributed by atoms with E-state index >= 15 is 0 Å². The van der Waals surface area contributed by atoms with Crippen LogP contribution in [0.15, 0.2) is 21.2 Å². The van der Waals surface area contributed by atoms with Crippen molar-refractivity contribution in [2.24, 2.45) is 0 Å². The van der Waals surface area contributed by atoms with Gasteiger partial charge in [-0.05, 0) is 33.6 Å². The Kier molecular flexibility index (Phi) is 3.67. The lowest BCUT2D eigenvalue weighted by Crippen LogP contribution is -2.37. The molecule has 19 heavy (non-hydrogen) atoms. The topological polar surface area (TPSA) is 64.3 Å². The smallest absolute Gasteiger partial charge is 0.230 e. The summed E-state index contributed by atoms with van der Waals surface area (Å²) in [5, 5.41) is 0.148. The fourth-order valence-electron chi connectivity index (χ4n) is 1.80. The molecule has 0 unspecified atom stereocenters. The molecule has 1 aliphatic heterocycles. The first-order chi connectivity index (χ1) is 9.24. The average molecular weight is 346 g/mol. The first-order valence-corrected chi connectivity index (χ1v) is 6.89. The van der Waals surface area contributed by atoms with E-state index in [9.17, 15) is 0 Å². The minimum Gasteiger partial charge on any atom is -0.460 e. The summed E-state index contributed by atoms with van der Waals surface area (Å²) in [4.78, 5) is 14.7. The fourth-order valence-corrected chi connectivity index (χ4v) is 2.33. The van der Waals surface area contributed by atoms with Gasteiger partial charge in [-0.1, -0.05) is 0 Å². The third-order valence-corrected chi connectivity index (χ3v) is 3.50. The molecule has 0 atom stereocenters. The highest BCUT2D eigenvalue weighted by atomic mass is 79.9. The molecule has 1 fully saturated rings. The van der Waals surface area contributed by atoms with E-state index in [1.54, 1.807) is 12.3 Å². The standard InChI is InChI=1S/C11H10BrClN4O2/c12-7-1-4-19-8(7)9-14-10(13)16-11(15-9)17-2-5-18-6-3-17/h1,4H,2-3,5-6H2. The van der Waals surface area contributed by atoms with E-state index in [0.29, 0.717) is 30.7 Å². The zero-order valence-corrected chi connectivity index (χ0v) is 12.2. The summed E-state index contributed by atoms with van der Waals surface area (Å²) in [5.41, 5.74) is 0. The molecule has 3 heterocycles. The molecule has 0 radical (unpaired) electrons. The van der Waals surface area contributed by atoms with Gasteiger partial charge in [-0.15, -0.1) is 0 Å². The molecule has 2 aromatic rings. The van der Waals surface area contributed by atoms with Gasteiger partial charge in [0.15, 0.2) is 5.76 Å². The van der Waals surface area contributed by atoms with Gasteiger partial charge in [0, 0.05) is 13.1 Å². The van der Waals surface area contributed by atoms with E-state index in [4.69, 9.17) is 20.8 Å². The summed E-state index contributed by atoms with van der Waals surface area (Å²) in [7, 11) is 0.